The molecule has 0 spiro atoms. The number of aromatic nitrogens is 4. The minimum absolute atomic E-state index is 0.118. The molecule has 202 valence electrons. The predicted octanol–water partition coefficient (Wildman–Crippen LogP) is 3.00. The van der Waals surface area contributed by atoms with E-state index in [9.17, 15) is 18.0 Å². The number of nitrogens with one attached hydrogen (secondary N) is 1. The fourth-order valence-electron chi connectivity index (χ4n) is 4.19. The summed E-state index contributed by atoms with van der Waals surface area (Å²) in [5.74, 6) is -1.31. The fraction of sp³-hybridized carbons (Fsp3) is 0.375. The van der Waals surface area contributed by atoms with Crippen LogP contribution >= 0.6 is 0 Å². The maximum atomic E-state index is 13.2. The molecule has 0 aromatic carbocycles. The number of ether oxygens (including phenoxy) is 2. The van der Waals surface area contributed by atoms with Gasteiger partial charge >= 0.3 is 6.36 Å². The van der Waals surface area contributed by atoms with Gasteiger partial charge in [0.1, 0.15) is 11.4 Å². The molecule has 5 N–H and O–H groups in total. The summed E-state index contributed by atoms with van der Waals surface area (Å²) in [6, 6.07) is 5.91. The molecule has 4 heterocycles. The Hall–Kier alpha value is -4.04. The highest BCUT2D eigenvalue weighted by Crippen LogP contribution is 2.33. The van der Waals surface area contributed by atoms with Crippen LogP contribution < -0.4 is 26.4 Å². The maximum absolute atomic E-state index is 13.2. The van der Waals surface area contributed by atoms with Crippen molar-refractivity contribution in [2.24, 2.45) is 5.73 Å². The molecule has 1 saturated heterocycles. The van der Waals surface area contributed by atoms with E-state index >= 15 is 0 Å². The van der Waals surface area contributed by atoms with E-state index in [0.29, 0.717) is 31.6 Å². The van der Waals surface area contributed by atoms with Gasteiger partial charge in [-0.1, -0.05) is 0 Å². The first kappa shape index (κ1) is 27.0. The Kier molecular flexibility index (Phi) is 7.64. The van der Waals surface area contributed by atoms with Crippen LogP contribution in [-0.4, -0.2) is 64.0 Å². The topological polar surface area (TPSA) is 154 Å². The van der Waals surface area contributed by atoms with Gasteiger partial charge in [-0.05, 0) is 44.0 Å². The average Bonchev–Trinajstić information content (AvgIpc) is 2.89. The zero-order chi connectivity index (χ0) is 27.5. The lowest BCUT2D eigenvalue weighted by molar-refractivity contribution is -0.274. The number of nitrogen functional groups attached to an aromatic ring is 1. The van der Waals surface area contributed by atoms with Gasteiger partial charge < -0.3 is 31.2 Å². The first-order valence-corrected chi connectivity index (χ1v) is 11.7. The molecule has 14 heteroatoms. The Morgan fingerprint density at radius 2 is 1.84 bits per heavy atom. The summed E-state index contributed by atoms with van der Waals surface area (Å²) in [5.41, 5.74) is 11.9. The van der Waals surface area contributed by atoms with Crippen molar-refractivity contribution in [2.45, 2.75) is 37.8 Å². The van der Waals surface area contributed by atoms with Gasteiger partial charge in [-0.3, -0.25) is 9.78 Å². The molecule has 1 unspecified atom stereocenters. The van der Waals surface area contributed by atoms with Gasteiger partial charge in [0.25, 0.3) is 5.91 Å². The van der Waals surface area contributed by atoms with Gasteiger partial charge in [-0.15, -0.1) is 13.2 Å². The molecule has 4 rings (SSSR count). The zero-order valence-electron chi connectivity index (χ0n) is 20.7. The number of alkyl halides is 3. The van der Waals surface area contributed by atoms with Crippen molar-refractivity contribution in [2.75, 3.05) is 36.1 Å². The largest absolute Gasteiger partial charge is 0.573 e. The van der Waals surface area contributed by atoms with Gasteiger partial charge in [0.05, 0.1) is 18.0 Å². The van der Waals surface area contributed by atoms with E-state index in [1.165, 1.54) is 18.5 Å². The molecule has 3 aromatic heterocycles. The Morgan fingerprint density at radius 3 is 2.53 bits per heavy atom. The van der Waals surface area contributed by atoms with E-state index in [-0.39, 0.29) is 34.8 Å². The van der Waals surface area contributed by atoms with Gasteiger partial charge in [0.15, 0.2) is 23.1 Å². The molecular formula is C24H27F3N8O3. The number of carbonyl (C=O) groups excluding carboxylic acids is 1. The number of halogens is 3. The number of methoxy groups -OCH3 is 1. The van der Waals surface area contributed by atoms with E-state index < -0.39 is 23.6 Å². The molecule has 11 nitrogen and oxygen atoms in total. The summed E-state index contributed by atoms with van der Waals surface area (Å²) >= 11 is 0. The number of carbonyl (C=O) groups is 1. The van der Waals surface area contributed by atoms with Crippen LogP contribution in [0.2, 0.25) is 0 Å². The zero-order valence-corrected chi connectivity index (χ0v) is 20.7. The molecular weight excluding hydrogens is 505 g/mol. The lowest BCUT2D eigenvalue weighted by Crippen LogP contribution is -2.57. The van der Waals surface area contributed by atoms with Crippen molar-refractivity contribution in [1.82, 2.24) is 19.9 Å². The van der Waals surface area contributed by atoms with Crippen LogP contribution in [0, 0.1) is 0 Å². The Bertz CT molecular complexity index is 1300. The smallest absolute Gasteiger partial charge is 0.403 e. The second kappa shape index (κ2) is 10.8. The van der Waals surface area contributed by atoms with Crippen LogP contribution in [0.1, 0.15) is 30.3 Å². The molecule has 0 radical (unpaired) electrons. The lowest BCUT2D eigenvalue weighted by Gasteiger charge is -2.43. The van der Waals surface area contributed by atoms with Crippen LogP contribution in [-0.2, 0) is 4.74 Å². The third-order valence-electron chi connectivity index (χ3n) is 6.47. The quantitative estimate of drug-likeness (QED) is 0.414. The first-order valence-electron chi connectivity index (χ1n) is 11.7. The Morgan fingerprint density at radius 1 is 1.16 bits per heavy atom. The summed E-state index contributed by atoms with van der Waals surface area (Å²) < 4.78 is 48.0. The van der Waals surface area contributed by atoms with Crippen molar-refractivity contribution >= 4 is 23.2 Å². The van der Waals surface area contributed by atoms with Crippen molar-refractivity contribution < 1.29 is 27.4 Å². The number of anilines is 3. The highest BCUT2D eigenvalue weighted by Gasteiger charge is 2.37. The summed E-state index contributed by atoms with van der Waals surface area (Å²) in [6.45, 7) is 3.16. The van der Waals surface area contributed by atoms with Crippen molar-refractivity contribution in [1.29, 1.82) is 0 Å². The minimum atomic E-state index is -4.95. The first-order chi connectivity index (χ1) is 18.0. The van der Waals surface area contributed by atoms with E-state index in [1.807, 2.05) is 13.0 Å². The molecule has 1 fully saturated rings. The number of nitrogens with zero attached hydrogens (tertiary/aromatic N) is 5. The molecule has 3 aromatic rings. The molecule has 0 saturated carbocycles. The number of nitrogens with two attached hydrogens (primary N) is 2. The number of amides is 1. The molecule has 0 aliphatic carbocycles. The van der Waals surface area contributed by atoms with Crippen molar-refractivity contribution in [3.8, 4) is 17.1 Å². The standard InChI is InChI=1S/C24H27F3N8O3/c1-14(37-2)23(29)7-11-35(12-8-23)16-5-3-10-31-21(16)34-22(36)19-20(28)32-13-15(33-19)18-17(6-4-9-30-18)38-24(25,26)27/h3-6,9-10,13-14H,7-8,11-12,29H2,1-2H3,(H2,28,32)(H,31,34,36). The summed E-state index contributed by atoms with van der Waals surface area (Å²) in [4.78, 5) is 31.5. The van der Waals surface area contributed by atoms with E-state index in [0.717, 1.165) is 12.3 Å². The van der Waals surface area contributed by atoms with Crippen molar-refractivity contribution in [3.63, 3.8) is 0 Å². The molecule has 38 heavy (non-hydrogen) atoms. The summed E-state index contributed by atoms with van der Waals surface area (Å²) in [6.07, 6.45) is 0.148. The van der Waals surface area contributed by atoms with E-state index in [1.54, 1.807) is 13.2 Å². The second-order valence-electron chi connectivity index (χ2n) is 8.81. The van der Waals surface area contributed by atoms with Crippen LogP contribution in [0.5, 0.6) is 5.75 Å². The third-order valence-corrected chi connectivity index (χ3v) is 6.47. The number of rotatable bonds is 7. The molecule has 1 aliphatic rings. The van der Waals surface area contributed by atoms with Gasteiger partial charge in [0.2, 0.25) is 0 Å². The average molecular weight is 533 g/mol. The minimum Gasteiger partial charge on any atom is -0.403 e. The number of hydrogen-bond donors (Lipinski definition) is 3. The van der Waals surface area contributed by atoms with Crippen molar-refractivity contribution in [3.05, 3.63) is 48.5 Å². The highest BCUT2D eigenvalue weighted by molar-refractivity contribution is 6.06. The van der Waals surface area contributed by atoms with Crippen LogP contribution in [0.15, 0.2) is 42.9 Å². The van der Waals surface area contributed by atoms with E-state index in [2.05, 4.69) is 34.9 Å². The molecule has 1 amide bonds. The van der Waals surface area contributed by atoms with Gasteiger partial charge in [-0.25, -0.2) is 15.0 Å². The SMILES string of the molecule is COC(C)C1(N)CCN(c2cccnc2NC(=O)c2nc(-c3ncccc3OC(F)(F)F)cnc2N)CC1. The number of pyridine rings is 2. The monoisotopic (exact) mass is 532 g/mol. The van der Waals surface area contributed by atoms with Gasteiger partial charge in [-0.2, -0.15) is 0 Å². The van der Waals surface area contributed by atoms with Gasteiger partial charge in [0, 0.05) is 38.1 Å². The van der Waals surface area contributed by atoms with Crippen LogP contribution in [0.3, 0.4) is 0 Å². The molecule has 0 bridgehead atoms. The number of hydrogen-bond acceptors (Lipinski definition) is 10. The van der Waals surface area contributed by atoms with Crippen LogP contribution in [0.4, 0.5) is 30.5 Å². The second-order valence-corrected chi connectivity index (χ2v) is 8.81. The highest BCUT2D eigenvalue weighted by atomic mass is 19.4. The Labute approximate surface area is 216 Å². The third kappa shape index (κ3) is 5.92. The molecule has 1 atom stereocenters. The lowest BCUT2D eigenvalue weighted by atomic mass is 9.84. The normalized spacial score (nSPS) is 16.1. The fourth-order valence-corrected chi connectivity index (χ4v) is 4.19. The summed E-state index contributed by atoms with van der Waals surface area (Å²) in [7, 11) is 1.63. The van der Waals surface area contributed by atoms with E-state index in [4.69, 9.17) is 16.2 Å². The maximum Gasteiger partial charge on any atom is 0.573 e. The molecule has 1 aliphatic heterocycles. The Balaban J connectivity index is 1.57. The van der Waals surface area contributed by atoms with Crippen LogP contribution in [0.25, 0.3) is 11.4 Å². The predicted molar refractivity (Wildman–Crippen MR) is 133 cm³/mol. The summed E-state index contributed by atoms with van der Waals surface area (Å²) in [5, 5.41) is 2.69. The number of piperidine rings is 1.